The summed E-state index contributed by atoms with van der Waals surface area (Å²) in [5.41, 5.74) is 2.05. The second-order valence-corrected chi connectivity index (χ2v) is 12.4. The maximum atomic E-state index is 9.67. The first-order chi connectivity index (χ1) is 10.1. The van der Waals surface area contributed by atoms with E-state index in [1.165, 1.54) is 0 Å². The molecule has 0 aliphatic rings. The predicted molar refractivity (Wildman–Crippen MR) is 98.4 cm³/mol. The zero-order chi connectivity index (χ0) is 17.0. The van der Waals surface area contributed by atoms with Gasteiger partial charge in [0.05, 0.1) is 6.61 Å². The van der Waals surface area contributed by atoms with Gasteiger partial charge in [0.25, 0.3) is 0 Å². The van der Waals surface area contributed by atoms with E-state index in [9.17, 15) is 5.11 Å². The fraction of sp³-hybridized carbons (Fsp3) is 0.579. The molecule has 2 nitrogen and oxygen atoms in total. The van der Waals surface area contributed by atoms with E-state index in [0.29, 0.717) is 0 Å². The molecular weight excluding hydrogens is 288 g/mol. The smallest absolute Gasteiger partial charge is 0.192 e. The Morgan fingerprint density at radius 2 is 1.73 bits per heavy atom. The Balaban J connectivity index is 2.86. The van der Waals surface area contributed by atoms with Gasteiger partial charge in [0, 0.05) is 6.10 Å². The van der Waals surface area contributed by atoms with Crippen molar-refractivity contribution in [2.75, 3.05) is 6.61 Å². The Kier molecular flexibility index (Phi) is 6.60. The maximum Gasteiger partial charge on any atom is 0.192 e. The fourth-order valence-electron chi connectivity index (χ4n) is 2.09. The zero-order valence-corrected chi connectivity index (χ0v) is 16.2. The molecule has 0 spiro atoms. The highest BCUT2D eigenvalue weighted by Crippen LogP contribution is 2.38. The molecule has 0 heterocycles. The summed E-state index contributed by atoms with van der Waals surface area (Å²) in [6, 6.07) is 10.1. The van der Waals surface area contributed by atoms with E-state index in [4.69, 9.17) is 4.43 Å². The lowest BCUT2D eigenvalue weighted by atomic mass is 9.98. The van der Waals surface area contributed by atoms with Crippen LogP contribution < -0.4 is 0 Å². The number of hydrogen-bond donors (Lipinski definition) is 1. The summed E-state index contributed by atoms with van der Waals surface area (Å²) in [5, 5.41) is 9.88. The van der Waals surface area contributed by atoms with E-state index in [0.717, 1.165) is 11.1 Å². The fourth-order valence-corrected chi connectivity index (χ4v) is 3.59. The lowest BCUT2D eigenvalue weighted by molar-refractivity contribution is 0.164. The van der Waals surface area contributed by atoms with Gasteiger partial charge >= 0.3 is 0 Å². The van der Waals surface area contributed by atoms with E-state index in [2.05, 4.69) is 53.8 Å². The van der Waals surface area contributed by atoms with Crippen molar-refractivity contribution < 1.29 is 9.53 Å². The number of benzene rings is 1. The second-order valence-electron chi connectivity index (χ2n) is 7.66. The molecule has 1 rings (SSSR count). The van der Waals surface area contributed by atoms with Crippen LogP contribution in [-0.2, 0) is 4.43 Å². The lowest BCUT2D eigenvalue weighted by Crippen LogP contribution is -2.44. The second kappa shape index (κ2) is 7.58. The van der Waals surface area contributed by atoms with Crippen molar-refractivity contribution in [3.05, 3.63) is 42.0 Å². The molecule has 0 unspecified atom stereocenters. The molecule has 0 amide bonds. The number of aliphatic hydroxyl groups is 1. The van der Waals surface area contributed by atoms with Crippen molar-refractivity contribution in [2.24, 2.45) is 5.92 Å². The van der Waals surface area contributed by atoms with E-state index >= 15 is 0 Å². The van der Waals surface area contributed by atoms with Crippen LogP contribution in [0, 0.1) is 5.92 Å². The minimum absolute atomic E-state index is 0.0567. The van der Waals surface area contributed by atoms with E-state index in [-0.39, 0.29) is 23.7 Å². The van der Waals surface area contributed by atoms with Gasteiger partial charge in [-0.3, -0.25) is 0 Å². The highest BCUT2D eigenvalue weighted by atomic mass is 28.4. The minimum atomic E-state index is -1.76. The number of aliphatic hydroxyl groups excluding tert-OH is 1. The Bertz CT molecular complexity index is 486. The molecule has 0 aliphatic heterocycles. The topological polar surface area (TPSA) is 29.5 Å². The van der Waals surface area contributed by atoms with Gasteiger partial charge in [0.1, 0.15) is 0 Å². The van der Waals surface area contributed by atoms with Crippen LogP contribution >= 0.6 is 0 Å². The highest BCUT2D eigenvalue weighted by molar-refractivity contribution is 6.74. The average Bonchev–Trinajstić information content (AvgIpc) is 2.43. The quantitative estimate of drug-likeness (QED) is 0.738. The molecule has 1 aromatic carbocycles. The molecule has 1 aromatic rings. The van der Waals surface area contributed by atoms with E-state index < -0.39 is 8.32 Å². The Morgan fingerprint density at radius 3 is 2.18 bits per heavy atom. The van der Waals surface area contributed by atoms with Gasteiger partial charge in [-0.25, -0.2) is 0 Å². The summed E-state index contributed by atoms with van der Waals surface area (Å²) in [7, 11) is -1.76. The average molecular weight is 321 g/mol. The zero-order valence-electron chi connectivity index (χ0n) is 15.2. The van der Waals surface area contributed by atoms with Gasteiger partial charge in [-0.15, -0.1) is 0 Å². The number of rotatable bonds is 6. The van der Waals surface area contributed by atoms with Crippen molar-refractivity contribution in [3.63, 3.8) is 0 Å². The molecule has 22 heavy (non-hydrogen) atoms. The third kappa shape index (κ3) is 5.08. The maximum absolute atomic E-state index is 9.67. The Labute approximate surface area is 137 Å². The first-order valence-corrected chi connectivity index (χ1v) is 11.0. The Morgan fingerprint density at radius 1 is 1.18 bits per heavy atom. The van der Waals surface area contributed by atoms with Crippen molar-refractivity contribution in [1.29, 1.82) is 0 Å². The SMILES string of the molecule is C[C@H](/C=C(\CO)c1ccccc1)[C@@H](C)O[Si](C)(C)C(C)(C)C. The van der Waals surface area contributed by atoms with Crippen LogP contribution in [0.25, 0.3) is 5.57 Å². The monoisotopic (exact) mass is 320 g/mol. The summed E-state index contributed by atoms with van der Waals surface area (Å²) in [4.78, 5) is 0. The van der Waals surface area contributed by atoms with Crippen molar-refractivity contribution in [1.82, 2.24) is 0 Å². The molecule has 0 bridgehead atoms. The Hall–Kier alpha value is -0.903. The lowest BCUT2D eigenvalue weighted by Gasteiger charge is -2.39. The van der Waals surface area contributed by atoms with Gasteiger partial charge in [-0.05, 0) is 42.1 Å². The standard InChI is InChI=1S/C19H32O2Si/c1-15(16(2)21-22(6,7)19(3,4)5)13-18(14-20)17-11-9-8-10-12-17/h8-13,15-16,20H,14H2,1-7H3/b18-13+/t15-,16-/m1/s1. The molecule has 0 aliphatic carbocycles. The van der Waals surface area contributed by atoms with Crippen LogP contribution in [0.5, 0.6) is 0 Å². The van der Waals surface area contributed by atoms with Crippen LogP contribution in [-0.4, -0.2) is 26.1 Å². The summed E-state index contributed by atoms with van der Waals surface area (Å²) in [6.07, 6.45) is 2.29. The number of hydrogen-bond acceptors (Lipinski definition) is 2. The largest absolute Gasteiger partial charge is 0.414 e. The van der Waals surface area contributed by atoms with Gasteiger partial charge in [-0.2, -0.15) is 0 Å². The van der Waals surface area contributed by atoms with Gasteiger partial charge < -0.3 is 9.53 Å². The van der Waals surface area contributed by atoms with Crippen LogP contribution in [0.15, 0.2) is 36.4 Å². The third-order valence-electron chi connectivity index (χ3n) is 4.81. The van der Waals surface area contributed by atoms with Crippen LogP contribution in [0.3, 0.4) is 0 Å². The summed E-state index contributed by atoms with van der Waals surface area (Å²) < 4.78 is 6.46. The molecule has 0 radical (unpaired) electrons. The molecule has 2 atom stereocenters. The first kappa shape index (κ1) is 19.1. The first-order valence-electron chi connectivity index (χ1n) is 8.13. The summed E-state index contributed by atoms with van der Waals surface area (Å²) in [6.45, 7) is 15.7. The molecule has 0 fully saturated rings. The van der Waals surface area contributed by atoms with Crippen molar-refractivity contribution >= 4 is 13.9 Å². The van der Waals surface area contributed by atoms with Crippen LogP contribution in [0.4, 0.5) is 0 Å². The molecule has 0 saturated carbocycles. The normalized spacial score (nSPS) is 16.5. The van der Waals surface area contributed by atoms with Gasteiger partial charge in [0.2, 0.25) is 0 Å². The van der Waals surface area contributed by atoms with Crippen LogP contribution in [0.1, 0.15) is 40.2 Å². The molecule has 0 aromatic heterocycles. The van der Waals surface area contributed by atoms with Gasteiger partial charge in [0.15, 0.2) is 8.32 Å². The van der Waals surface area contributed by atoms with Crippen molar-refractivity contribution in [3.8, 4) is 0 Å². The van der Waals surface area contributed by atoms with E-state index in [1.54, 1.807) is 0 Å². The summed E-state index contributed by atoms with van der Waals surface area (Å²) >= 11 is 0. The minimum Gasteiger partial charge on any atom is -0.414 e. The van der Waals surface area contributed by atoms with E-state index in [1.807, 2.05) is 30.3 Å². The molecule has 3 heteroatoms. The molecule has 124 valence electrons. The van der Waals surface area contributed by atoms with Crippen LogP contribution in [0.2, 0.25) is 18.1 Å². The summed E-state index contributed by atoms with van der Waals surface area (Å²) in [5.74, 6) is 0.261. The van der Waals surface area contributed by atoms with Gasteiger partial charge in [-0.1, -0.05) is 64.1 Å². The van der Waals surface area contributed by atoms with Crippen molar-refractivity contribution in [2.45, 2.75) is 58.9 Å². The molecular formula is C19H32O2Si. The predicted octanol–water partition coefficient (Wildman–Crippen LogP) is 5.11. The highest BCUT2D eigenvalue weighted by Gasteiger charge is 2.38. The molecule has 1 N–H and O–H groups in total. The third-order valence-corrected chi connectivity index (χ3v) is 9.38. The molecule has 0 saturated heterocycles.